The fraction of sp³-hybridized carbons (Fsp3) is 0.571. The number of benzene rings is 1. The lowest BCUT2D eigenvalue weighted by Crippen LogP contribution is -2.28. The van der Waals surface area contributed by atoms with Crippen molar-refractivity contribution in [2.75, 3.05) is 13.1 Å². The largest absolute Gasteiger partial charge is 0.317 e. The zero-order valence-electron chi connectivity index (χ0n) is 9.63. The molecule has 0 aromatic heterocycles. The molecule has 1 saturated heterocycles. The number of hydrogen-bond donors (Lipinski definition) is 1. The Morgan fingerprint density at radius 1 is 1.20 bits per heavy atom. The van der Waals surface area contributed by atoms with Crippen LogP contribution in [0.4, 0.5) is 0 Å². The van der Waals surface area contributed by atoms with Crippen LogP contribution < -0.4 is 5.32 Å². The minimum Gasteiger partial charge on any atom is -0.317 e. The van der Waals surface area contributed by atoms with E-state index in [-0.39, 0.29) is 0 Å². The van der Waals surface area contributed by atoms with Crippen molar-refractivity contribution in [3.05, 3.63) is 35.4 Å². The van der Waals surface area contributed by atoms with Crippen LogP contribution in [0.2, 0.25) is 0 Å². The van der Waals surface area contributed by atoms with Crippen LogP contribution in [0.5, 0.6) is 0 Å². The van der Waals surface area contributed by atoms with E-state index < -0.39 is 0 Å². The van der Waals surface area contributed by atoms with Crippen molar-refractivity contribution in [2.24, 2.45) is 5.92 Å². The van der Waals surface area contributed by atoms with Crippen molar-refractivity contribution in [1.82, 2.24) is 5.32 Å². The van der Waals surface area contributed by atoms with Crippen LogP contribution in [0.15, 0.2) is 24.3 Å². The second-order valence-electron chi connectivity index (χ2n) is 4.57. The topological polar surface area (TPSA) is 12.0 Å². The zero-order valence-corrected chi connectivity index (χ0v) is 9.63. The minimum atomic E-state index is 0.901. The summed E-state index contributed by atoms with van der Waals surface area (Å²) in [5.74, 6) is 0.901. The van der Waals surface area contributed by atoms with Crippen LogP contribution in [0.3, 0.4) is 0 Å². The molecular weight excluding hydrogens is 182 g/mol. The Kier molecular flexibility index (Phi) is 3.79. The van der Waals surface area contributed by atoms with E-state index in [0.717, 1.165) is 12.3 Å². The Hall–Kier alpha value is -0.820. The average Bonchev–Trinajstić information content (AvgIpc) is 2.31. The summed E-state index contributed by atoms with van der Waals surface area (Å²) in [6.07, 6.45) is 5.11. The van der Waals surface area contributed by atoms with Crippen molar-refractivity contribution >= 4 is 0 Å². The van der Waals surface area contributed by atoms with Gasteiger partial charge < -0.3 is 5.32 Å². The van der Waals surface area contributed by atoms with Gasteiger partial charge in [0.05, 0.1) is 0 Å². The molecule has 0 saturated carbocycles. The van der Waals surface area contributed by atoms with Crippen molar-refractivity contribution in [3.63, 3.8) is 0 Å². The predicted octanol–water partition coefficient (Wildman–Crippen LogP) is 2.79. The zero-order chi connectivity index (χ0) is 10.5. The summed E-state index contributed by atoms with van der Waals surface area (Å²) >= 11 is 0. The summed E-state index contributed by atoms with van der Waals surface area (Å²) in [6, 6.07) is 9.09. The summed E-state index contributed by atoms with van der Waals surface area (Å²) in [5, 5.41) is 3.42. The summed E-state index contributed by atoms with van der Waals surface area (Å²) < 4.78 is 0. The molecule has 0 radical (unpaired) electrons. The quantitative estimate of drug-likeness (QED) is 0.796. The Bertz CT molecular complexity index is 300. The van der Waals surface area contributed by atoms with Crippen molar-refractivity contribution < 1.29 is 0 Å². The molecule has 1 heterocycles. The van der Waals surface area contributed by atoms with E-state index in [1.807, 2.05) is 0 Å². The molecule has 0 unspecified atom stereocenters. The highest BCUT2D eigenvalue weighted by atomic mass is 14.9. The van der Waals surface area contributed by atoms with Gasteiger partial charge in [0, 0.05) is 0 Å². The van der Waals surface area contributed by atoms with Gasteiger partial charge in [0.25, 0.3) is 0 Å². The van der Waals surface area contributed by atoms with E-state index in [1.165, 1.54) is 43.5 Å². The van der Waals surface area contributed by atoms with E-state index in [0.29, 0.717) is 0 Å². The van der Waals surface area contributed by atoms with E-state index in [1.54, 1.807) is 0 Å². The van der Waals surface area contributed by atoms with Crippen LogP contribution in [0.1, 0.15) is 30.9 Å². The van der Waals surface area contributed by atoms with Gasteiger partial charge >= 0.3 is 0 Å². The van der Waals surface area contributed by atoms with Crippen LogP contribution in [0.25, 0.3) is 0 Å². The normalized spacial score (nSPS) is 17.9. The van der Waals surface area contributed by atoms with Crippen LogP contribution in [-0.2, 0) is 12.8 Å². The molecule has 0 amide bonds. The van der Waals surface area contributed by atoms with Gasteiger partial charge in [-0.25, -0.2) is 0 Å². The van der Waals surface area contributed by atoms with Gasteiger partial charge in [-0.1, -0.05) is 31.2 Å². The first kappa shape index (κ1) is 10.7. The van der Waals surface area contributed by atoms with Gasteiger partial charge in [-0.15, -0.1) is 0 Å². The highest BCUT2D eigenvalue weighted by molar-refractivity contribution is 5.23. The Morgan fingerprint density at radius 3 is 2.67 bits per heavy atom. The summed E-state index contributed by atoms with van der Waals surface area (Å²) in [6.45, 7) is 4.64. The molecule has 1 aliphatic heterocycles. The Morgan fingerprint density at radius 2 is 1.93 bits per heavy atom. The summed E-state index contributed by atoms with van der Waals surface area (Å²) in [7, 11) is 0. The fourth-order valence-corrected chi connectivity index (χ4v) is 2.40. The number of piperidine rings is 1. The molecule has 1 aromatic carbocycles. The highest BCUT2D eigenvalue weighted by Crippen LogP contribution is 2.18. The number of hydrogen-bond acceptors (Lipinski definition) is 1. The second kappa shape index (κ2) is 5.32. The smallest absolute Gasteiger partial charge is 0.00462 e. The average molecular weight is 203 g/mol. The van der Waals surface area contributed by atoms with Crippen LogP contribution in [0, 0.1) is 5.92 Å². The Labute approximate surface area is 92.9 Å². The van der Waals surface area contributed by atoms with E-state index in [2.05, 4.69) is 36.5 Å². The minimum absolute atomic E-state index is 0.901. The molecule has 1 aromatic rings. The summed E-state index contributed by atoms with van der Waals surface area (Å²) in [5.41, 5.74) is 3.00. The van der Waals surface area contributed by atoms with Crippen molar-refractivity contribution in [3.8, 4) is 0 Å². The van der Waals surface area contributed by atoms with Crippen LogP contribution in [-0.4, -0.2) is 13.1 Å². The first-order valence-corrected chi connectivity index (χ1v) is 6.17. The maximum absolute atomic E-state index is 3.42. The van der Waals surface area contributed by atoms with Gasteiger partial charge in [0.2, 0.25) is 0 Å². The van der Waals surface area contributed by atoms with Gasteiger partial charge in [0.15, 0.2) is 0 Å². The number of aryl methyl sites for hydroxylation is 1. The van der Waals surface area contributed by atoms with E-state index in [4.69, 9.17) is 0 Å². The number of nitrogens with one attached hydrogen (secondary N) is 1. The van der Waals surface area contributed by atoms with Gasteiger partial charge in [0.1, 0.15) is 0 Å². The first-order chi connectivity index (χ1) is 7.38. The summed E-state index contributed by atoms with van der Waals surface area (Å²) in [4.78, 5) is 0. The Balaban J connectivity index is 1.96. The molecule has 15 heavy (non-hydrogen) atoms. The maximum Gasteiger partial charge on any atom is -0.00462 e. The third-order valence-electron chi connectivity index (χ3n) is 3.38. The van der Waals surface area contributed by atoms with Gasteiger partial charge in [-0.05, 0) is 55.8 Å². The van der Waals surface area contributed by atoms with Gasteiger partial charge in [-0.2, -0.15) is 0 Å². The van der Waals surface area contributed by atoms with Crippen LogP contribution >= 0.6 is 0 Å². The maximum atomic E-state index is 3.42. The van der Waals surface area contributed by atoms with Crippen molar-refractivity contribution in [1.29, 1.82) is 0 Å². The molecule has 0 aliphatic carbocycles. The molecule has 0 spiro atoms. The molecule has 1 nitrogen and oxygen atoms in total. The number of rotatable bonds is 3. The first-order valence-electron chi connectivity index (χ1n) is 6.17. The second-order valence-corrected chi connectivity index (χ2v) is 4.57. The third-order valence-corrected chi connectivity index (χ3v) is 3.38. The molecule has 1 heteroatoms. The molecule has 1 fully saturated rings. The molecule has 0 atom stereocenters. The lowest BCUT2D eigenvalue weighted by atomic mass is 9.90. The van der Waals surface area contributed by atoms with Crippen molar-refractivity contribution in [2.45, 2.75) is 32.6 Å². The molecular formula is C14H21N. The SMILES string of the molecule is CCc1cccc(CC2CCNCC2)c1. The predicted molar refractivity (Wildman–Crippen MR) is 65.1 cm³/mol. The highest BCUT2D eigenvalue weighted by Gasteiger charge is 2.13. The molecule has 0 bridgehead atoms. The monoisotopic (exact) mass is 203 g/mol. The standard InChI is InChI=1S/C14H21N/c1-2-12-4-3-5-14(10-12)11-13-6-8-15-9-7-13/h3-5,10,13,15H,2,6-9,11H2,1H3. The van der Waals surface area contributed by atoms with Gasteiger partial charge in [-0.3, -0.25) is 0 Å². The van der Waals surface area contributed by atoms with E-state index in [9.17, 15) is 0 Å². The lowest BCUT2D eigenvalue weighted by Gasteiger charge is -2.22. The third kappa shape index (κ3) is 3.07. The molecule has 2 rings (SSSR count). The van der Waals surface area contributed by atoms with E-state index >= 15 is 0 Å². The molecule has 1 N–H and O–H groups in total. The molecule has 1 aliphatic rings. The fourth-order valence-electron chi connectivity index (χ4n) is 2.40. The molecule has 82 valence electrons. The lowest BCUT2D eigenvalue weighted by molar-refractivity contribution is 0.372.